The van der Waals surface area contributed by atoms with E-state index in [1.165, 1.54) is 4.31 Å². The van der Waals surface area contributed by atoms with Gasteiger partial charge in [-0.25, -0.2) is 12.7 Å². The van der Waals surface area contributed by atoms with Crippen LogP contribution in [-0.2, 0) is 14.8 Å². The number of nitrogens with one attached hydrogen (secondary N) is 1. The van der Waals surface area contributed by atoms with Crippen LogP contribution in [0.1, 0.15) is 26.7 Å². The fourth-order valence-electron chi connectivity index (χ4n) is 2.16. The van der Waals surface area contributed by atoms with Crippen LogP contribution in [0.25, 0.3) is 0 Å². The van der Waals surface area contributed by atoms with Crippen molar-refractivity contribution in [3.8, 4) is 0 Å². The van der Waals surface area contributed by atoms with Crippen LogP contribution >= 0.6 is 0 Å². The molecule has 0 radical (unpaired) electrons. The molecule has 0 aromatic carbocycles. The first-order valence-corrected chi connectivity index (χ1v) is 8.22. The summed E-state index contributed by atoms with van der Waals surface area (Å²) in [5, 5.41) is 2.71. The smallest absolute Gasteiger partial charge is 0.217 e. The predicted molar refractivity (Wildman–Crippen MR) is 73.1 cm³/mol. The molecule has 1 heterocycles. The zero-order valence-electron chi connectivity index (χ0n) is 11.7. The monoisotopic (exact) mass is 278 g/mol. The lowest BCUT2D eigenvalue weighted by Crippen LogP contribution is -2.42. The quantitative estimate of drug-likeness (QED) is 0.744. The molecule has 0 aromatic heterocycles. The number of nitrogens with zero attached hydrogens (tertiary/aromatic N) is 1. The molecule has 0 aromatic rings. The van der Waals surface area contributed by atoms with E-state index in [1.807, 2.05) is 6.92 Å². The molecule has 5 nitrogen and oxygen atoms in total. The molecule has 1 saturated heterocycles. The van der Waals surface area contributed by atoms with Crippen molar-refractivity contribution in [3.63, 3.8) is 0 Å². The van der Waals surface area contributed by atoms with Crippen LogP contribution in [-0.4, -0.2) is 57.9 Å². The Bertz CT molecular complexity index is 326. The summed E-state index contributed by atoms with van der Waals surface area (Å²) in [6.07, 6.45) is 1.92. The van der Waals surface area contributed by atoms with Gasteiger partial charge in [0.25, 0.3) is 0 Å². The molecule has 1 N–H and O–H groups in total. The number of sulfonamides is 1. The van der Waals surface area contributed by atoms with E-state index in [2.05, 4.69) is 5.32 Å². The third-order valence-corrected chi connectivity index (χ3v) is 5.68. The van der Waals surface area contributed by atoms with Gasteiger partial charge in [-0.2, -0.15) is 0 Å². The first-order chi connectivity index (χ1) is 8.48. The first-order valence-electron chi connectivity index (χ1n) is 6.72. The normalized spacial score (nSPS) is 20.2. The molecule has 18 heavy (non-hydrogen) atoms. The Kier molecular flexibility index (Phi) is 6.55. The van der Waals surface area contributed by atoms with Gasteiger partial charge in [-0.1, -0.05) is 6.92 Å². The lowest BCUT2D eigenvalue weighted by atomic mass is 10.0. The predicted octanol–water partition coefficient (Wildman–Crippen LogP) is 0.673. The van der Waals surface area contributed by atoms with Gasteiger partial charge in [-0.15, -0.1) is 0 Å². The molecule has 108 valence electrons. The van der Waals surface area contributed by atoms with Crippen LogP contribution in [0.2, 0.25) is 0 Å². The van der Waals surface area contributed by atoms with E-state index in [-0.39, 0.29) is 5.25 Å². The molecular formula is C12H26N2O3S. The van der Waals surface area contributed by atoms with Crippen LogP contribution < -0.4 is 5.32 Å². The molecule has 0 bridgehead atoms. The second-order valence-electron chi connectivity index (χ2n) is 5.00. The Balaban J connectivity index is 2.49. The highest BCUT2D eigenvalue weighted by molar-refractivity contribution is 7.89. The molecular weight excluding hydrogens is 252 g/mol. The number of hydrogen-bond donors (Lipinski definition) is 1. The third kappa shape index (κ3) is 4.50. The highest BCUT2D eigenvalue weighted by Crippen LogP contribution is 2.18. The number of rotatable bonds is 7. The van der Waals surface area contributed by atoms with Gasteiger partial charge in [0.1, 0.15) is 0 Å². The minimum Gasteiger partial charge on any atom is -0.381 e. The summed E-state index contributed by atoms with van der Waals surface area (Å²) in [6, 6.07) is 0. The summed E-state index contributed by atoms with van der Waals surface area (Å²) in [5.74, 6) is 0.435. The maximum Gasteiger partial charge on any atom is 0.217 e. The van der Waals surface area contributed by atoms with Crippen LogP contribution in [0, 0.1) is 5.92 Å². The first kappa shape index (κ1) is 15.9. The summed E-state index contributed by atoms with van der Waals surface area (Å²) in [4.78, 5) is 0. The lowest BCUT2D eigenvalue weighted by Gasteiger charge is -2.28. The number of ether oxygens (including phenoxy) is 1. The summed E-state index contributed by atoms with van der Waals surface area (Å²) in [7, 11) is -1.49. The van der Waals surface area contributed by atoms with Gasteiger partial charge >= 0.3 is 0 Å². The molecule has 0 aliphatic carbocycles. The minimum atomic E-state index is -3.18. The molecule has 1 fully saturated rings. The Hall–Kier alpha value is -0.170. The largest absolute Gasteiger partial charge is 0.381 e. The van der Waals surface area contributed by atoms with E-state index < -0.39 is 10.0 Å². The Labute approximate surface area is 111 Å². The van der Waals surface area contributed by atoms with Gasteiger partial charge in [0, 0.05) is 33.4 Å². The van der Waals surface area contributed by atoms with Gasteiger partial charge in [-0.3, -0.25) is 0 Å². The molecule has 0 spiro atoms. The zero-order valence-corrected chi connectivity index (χ0v) is 12.5. The highest BCUT2D eigenvalue weighted by Gasteiger charge is 2.28. The highest BCUT2D eigenvalue weighted by atomic mass is 32.2. The van der Waals surface area contributed by atoms with Crippen molar-refractivity contribution in [1.82, 2.24) is 9.62 Å². The van der Waals surface area contributed by atoms with E-state index >= 15 is 0 Å². The molecule has 6 heteroatoms. The van der Waals surface area contributed by atoms with Crippen LogP contribution in [0.5, 0.6) is 0 Å². The van der Waals surface area contributed by atoms with Crippen molar-refractivity contribution >= 4 is 10.0 Å². The molecule has 0 amide bonds. The topological polar surface area (TPSA) is 58.6 Å². The number of hydrogen-bond acceptors (Lipinski definition) is 4. The maximum absolute atomic E-state index is 12.3. The van der Waals surface area contributed by atoms with Crippen LogP contribution in [0.4, 0.5) is 0 Å². The molecule has 1 atom stereocenters. The van der Waals surface area contributed by atoms with Gasteiger partial charge in [0.15, 0.2) is 0 Å². The summed E-state index contributed by atoms with van der Waals surface area (Å²) in [5.41, 5.74) is 0. The average Bonchev–Trinajstić information content (AvgIpc) is 2.36. The van der Waals surface area contributed by atoms with E-state index in [1.54, 1.807) is 14.0 Å². The standard InChI is InChI=1S/C12H26N2O3S/c1-4-13-9-11(2)18(15,16)14(3)10-12-5-7-17-8-6-12/h11-13H,4-10H2,1-3H3. The zero-order chi connectivity index (χ0) is 13.6. The SMILES string of the molecule is CCNCC(C)S(=O)(=O)N(C)CC1CCOCC1. The van der Waals surface area contributed by atoms with Gasteiger partial charge < -0.3 is 10.1 Å². The van der Waals surface area contributed by atoms with Gasteiger partial charge in [0.2, 0.25) is 10.0 Å². The maximum atomic E-state index is 12.3. The summed E-state index contributed by atoms with van der Waals surface area (Å²) < 4.78 is 31.3. The van der Waals surface area contributed by atoms with Crippen LogP contribution in [0.15, 0.2) is 0 Å². The Morgan fingerprint density at radius 2 is 2.00 bits per heavy atom. The van der Waals surface area contributed by atoms with Crippen LogP contribution in [0.3, 0.4) is 0 Å². The second kappa shape index (κ2) is 7.43. The fraction of sp³-hybridized carbons (Fsp3) is 1.00. The third-order valence-electron chi connectivity index (χ3n) is 3.48. The molecule has 1 rings (SSSR count). The van der Waals surface area contributed by atoms with Gasteiger partial charge in [-0.05, 0) is 32.2 Å². The Morgan fingerprint density at radius 3 is 2.56 bits per heavy atom. The minimum absolute atomic E-state index is 0.373. The summed E-state index contributed by atoms with van der Waals surface area (Å²) in [6.45, 7) is 7.17. The summed E-state index contributed by atoms with van der Waals surface area (Å²) >= 11 is 0. The average molecular weight is 278 g/mol. The molecule has 1 aliphatic rings. The van der Waals surface area contributed by atoms with E-state index in [0.717, 1.165) is 32.6 Å². The molecule has 1 unspecified atom stereocenters. The van der Waals surface area contributed by atoms with Gasteiger partial charge in [0.05, 0.1) is 5.25 Å². The van der Waals surface area contributed by atoms with Crippen molar-refractivity contribution in [3.05, 3.63) is 0 Å². The fourth-order valence-corrected chi connectivity index (χ4v) is 3.52. The van der Waals surface area contributed by atoms with Crippen molar-refractivity contribution in [1.29, 1.82) is 0 Å². The van der Waals surface area contributed by atoms with E-state index in [9.17, 15) is 8.42 Å². The van der Waals surface area contributed by atoms with Crippen molar-refractivity contribution in [2.24, 2.45) is 5.92 Å². The molecule has 0 saturated carbocycles. The second-order valence-corrected chi connectivity index (χ2v) is 7.46. The Morgan fingerprint density at radius 1 is 1.39 bits per heavy atom. The van der Waals surface area contributed by atoms with Crippen molar-refractivity contribution < 1.29 is 13.2 Å². The van der Waals surface area contributed by atoms with E-state index in [4.69, 9.17) is 4.74 Å². The van der Waals surface area contributed by atoms with E-state index in [0.29, 0.717) is 19.0 Å². The lowest BCUT2D eigenvalue weighted by molar-refractivity contribution is 0.0619. The van der Waals surface area contributed by atoms with Crippen molar-refractivity contribution in [2.45, 2.75) is 31.9 Å². The van der Waals surface area contributed by atoms with Crippen molar-refractivity contribution in [2.75, 3.05) is 39.9 Å². The molecule has 1 aliphatic heterocycles.